The molecule has 0 atom stereocenters. The predicted molar refractivity (Wildman–Crippen MR) is 75.5 cm³/mol. The summed E-state index contributed by atoms with van der Waals surface area (Å²) in [6.45, 7) is 1.72. The topological polar surface area (TPSA) is 82.3 Å². The molecule has 0 spiro atoms. The van der Waals surface area contributed by atoms with Crippen LogP contribution in [0.5, 0.6) is 0 Å². The smallest absolute Gasteiger partial charge is 0.301 e. The monoisotopic (exact) mass is 281 g/mol. The molecule has 102 valence electrons. The zero-order valence-corrected chi connectivity index (χ0v) is 11.7. The number of nitrogens with one attached hydrogen (secondary N) is 2. The number of pyridine rings is 1. The van der Waals surface area contributed by atoms with Gasteiger partial charge in [-0.2, -0.15) is 12.7 Å². The number of aromatic nitrogens is 1. The zero-order valence-electron chi connectivity index (χ0n) is 10.9. The first kappa shape index (κ1) is 13.6. The van der Waals surface area contributed by atoms with Crippen LogP contribution in [0.1, 0.15) is 5.56 Å². The molecule has 2 aromatic rings. The number of fused-ring (bicyclic) bond motifs is 1. The minimum absolute atomic E-state index is 0.180. The largest absolute Gasteiger partial charge is 0.322 e. The summed E-state index contributed by atoms with van der Waals surface area (Å²) in [5.41, 5.74) is 1.43. The summed E-state index contributed by atoms with van der Waals surface area (Å²) in [6, 6.07) is 6.77. The van der Waals surface area contributed by atoms with E-state index in [1.807, 2.05) is 0 Å². The summed E-state index contributed by atoms with van der Waals surface area (Å²) in [5.74, 6) is 0. The molecule has 1 aromatic heterocycles. The van der Waals surface area contributed by atoms with Gasteiger partial charge in [-0.05, 0) is 30.5 Å². The third kappa shape index (κ3) is 2.77. The molecule has 0 fully saturated rings. The van der Waals surface area contributed by atoms with E-state index in [1.54, 1.807) is 31.2 Å². The first-order valence-corrected chi connectivity index (χ1v) is 7.07. The Balaban J connectivity index is 2.48. The van der Waals surface area contributed by atoms with Gasteiger partial charge in [-0.1, -0.05) is 6.07 Å². The van der Waals surface area contributed by atoms with Crippen LogP contribution in [0.4, 0.5) is 5.69 Å². The zero-order chi connectivity index (χ0) is 14.2. The highest BCUT2D eigenvalue weighted by Crippen LogP contribution is 2.18. The normalized spacial score (nSPS) is 12.0. The van der Waals surface area contributed by atoms with Gasteiger partial charge in [0.25, 0.3) is 5.56 Å². The lowest BCUT2D eigenvalue weighted by atomic mass is 10.1. The van der Waals surface area contributed by atoms with Crippen LogP contribution in [0, 0.1) is 6.92 Å². The molecule has 0 aliphatic carbocycles. The summed E-state index contributed by atoms with van der Waals surface area (Å²) in [6.07, 6.45) is 0. The number of hydrogen-bond donors (Lipinski definition) is 2. The summed E-state index contributed by atoms with van der Waals surface area (Å²) in [4.78, 5) is 14.2. The second kappa shape index (κ2) is 4.67. The van der Waals surface area contributed by atoms with Gasteiger partial charge < -0.3 is 4.98 Å². The molecule has 0 aliphatic rings. The van der Waals surface area contributed by atoms with Crippen LogP contribution in [0.15, 0.2) is 29.1 Å². The summed E-state index contributed by atoms with van der Waals surface area (Å²) in [7, 11) is -0.669. The molecule has 0 unspecified atom stereocenters. The minimum atomic E-state index is -3.55. The summed E-state index contributed by atoms with van der Waals surface area (Å²) in [5, 5.41) is 0.852. The van der Waals surface area contributed by atoms with E-state index >= 15 is 0 Å². The lowest BCUT2D eigenvalue weighted by Gasteiger charge is -2.13. The molecular weight excluding hydrogens is 266 g/mol. The van der Waals surface area contributed by atoms with Gasteiger partial charge >= 0.3 is 10.2 Å². The number of H-pyrrole nitrogens is 1. The maximum Gasteiger partial charge on any atom is 0.301 e. The van der Waals surface area contributed by atoms with E-state index < -0.39 is 10.2 Å². The van der Waals surface area contributed by atoms with E-state index in [9.17, 15) is 13.2 Å². The second-order valence-electron chi connectivity index (χ2n) is 4.47. The van der Waals surface area contributed by atoms with Gasteiger partial charge in [0.1, 0.15) is 0 Å². The molecule has 0 amide bonds. The fourth-order valence-corrected chi connectivity index (χ4v) is 2.22. The van der Waals surface area contributed by atoms with Gasteiger partial charge in [0.15, 0.2) is 0 Å². The van der Waals surface area contributed by atoms with E-state index in [1.165, 1.54) is 14.1 Å². The molecule has 2 N–H and O–H groups in total. The Morgan fingerprint density at radius 2 is 1.89 bits per heavy atom. The molecule has 0 saturated heterocycles. The molecule has 1 aromatic carbocycles. The van der Waals surface area contributed by atoms with Crippen molar-refractivity contribution in [2.75, 3.05) is 18.8 Å². The molecule has 1 heterocycles. The summed E-state index contributed by atoms with van der Waals surface area (Å²) < 4.78 is 26.9. The fraction of sp³-hybridized carbons (Fsp3) is 0.250. The van der Waals surface area contributed by atoms with Crippen molar-refractivity contribution in [1.29, 1.82) is 0 Å². The molecule has 6 nitrogen and oxygen atoms in total. The van der Waals surface area contributed by atoms with E-state index in [0.29, 0.717) is 16.8 Å². The maximum atomic E-state index is 11.7. The number of anilines is 1. The molecule has 7 heteroatoms. The number of aromatic amines is 1. The Hall–Kier alpha value is -1.86. The molecular formula is C12H15N3O3S. The van der Waals surface area contributed by atoms with Crippen LogP contribution in [0.2, 0.25) is 0 Å². The molecule has 0 saturated carbocycles. The number of benzene rings is 1. The highest BCUT2D eigenvalue weighted by molar-refractivity contribution is 7.90. The molecule has 2 rings (SSSR count). The van der Waals surface area contributed by atoms with E-state index in [0.717, 1.165) is 9.69 Å². The number of aryl methyl sites for hydroxylation is 1. The molecule has 0 bridgehead atoms. The van der Waals surface area contributed by atoms with Crippen molar-refractivity contribution in [2.45, 2.75) is 6.92 Å². The Morgan fingerprint density at radius 1 is 1.21 bits per heavy atom. The lowest BCUT2D eigenvalue weighted by molar-refractivity contribution is 0.527. The third-order valence-electron chi connectivity index (χ3n) is 2.76. The van der Waals surface area contributed by atoms with Crippen LogP contribution in [0.25, 0.3) is 10.9 Å². The Labute approximate surface area is 111 Å². The Kier molecular flexibility index (Phi) is 3.34. The van der Waals surface area contributed by atoms with Crippen molar-refractivity contribution in [3.05, 3.63) is 40.2 Å². The van der Waals surface area contributed by atoms with Crippen molar-refractivity contribution in [3.8, 4) is 0 Å². The predicted octanol–water partition coefficient (Wildman–Crippen LogP) is 1.05. The second-order valence-corrected chi connectivity index (χ2v) is 6.36. The SMILES string of the molecule is Cc1cc2ccc(NS(=O)(=O)N(C)C)cc2[nH]c1=O. The van der Waals surface area contributed by atoms with Crippen LogP contribution in [-0.4, -0.2) is 31.8 Å². The average Bonchev–Trinajstić information content (AvgIpc) is 2.30. The van der Waals surface area contributed by atoms with Crippen LogP contribution < -0.4 is 10.3 Å². The third-order valence-corrected chi connectivity index (χ3v) is 4.21. The van der Waals surface area contributed by atoms with Crippen molar-refractivity contribution in [3.63, 3.8) is 0 Å². The Bertz CT molecular complexity index is 778. The van der Waals surface area contributed by atoms with Gasteiger partial charge in [0, 0.05) is 19.7 Å². The van der Waals surface area contributed by atoms with Gasteiger partial charge in [0.05, 0.1) is 11.2 Å². The molecule has 0 aliphatic heterocycles. The van der Waals surface area contributed by atoms with Gasteiger partial charge in [-0.15, -0.1) is 0 Å². The van der Waals surface area contributed by atoms with Crippen molar-refractivity contribution in [1.82, 2.24) is 9.29 Å². The van der Waals surface area contributed by atoms with Gasteiger partial charge in [0.2, 0.25) is 0 Å². The lowest BCUT2D eigenvalue weighted by Crippen LogP contribution is -2.28. The van der Waals surface area contributed by atoms with E-state index in [4.69, 9.17) is 0 Å². The van der Waals surface area contributed by atoms with Crippen LogP contribution in [-0.2, 0) is 10.2 Å². The quantitative estimate of drug-likeness (QED) is 0.882. The van der Waals surface area contributed by atoms with Crippen LogP contribution >= 0.6 is 0 Å². The van der Waals surface area contributed by atoms with Gasteiger partial charge in [-0.3, -0.25) is 9.52 Å². The standard InChI is InChI=1S/C12H15N3O3S/c1-8-6-9-4-5-10(7-11(9)13-12(8)16)14-19(17,18)15(2)3/h4-7,14H,1-3H3,(H,13,16). The fourth-order valence-electron chi connectivity index (χ4n) is 1.61. The van der Waals surface area contributed by atoms with Crippen molar-refractivity contribution < 1.29 is 8.42 Å². The number of rotatable bonds is 3. The minimum Gasteiger partial charge on any atom is -0.322 e. The molecule has 19 heavy (non-hydrogen) atoms. The average molecular weight is 281 g/mol. The maximum absolute atomic E-state index is 11.7. The highest BCUT2D eigenvalue weighted by Gasteiger charge is 2.13. The number of nitrogens with zero attached hydrogens (tertiary/aromatic N) is 1. The van der Waals surface area contributed by atoms with Crippen LogP contribution in [0.3, 0.4) is 0 Å². The highest BCUT2D eigenvalue weighted by atomic mass is 32.2. The summed E-state index contributed by atoms with van der Waals surface area (Å²) >= 11 is 0. The number of hydrogen-bond acceptors (Lipinski definition) is 3. The first-order valence-electron chi connectivity index (χ1n) is 5.63. The molecule has 0 radical (unpaired) electrons. The van der Waals surface area contributed by atoms with Gasteiger partial charge in [-0.25, -0.2) is 0 Å². The first-order chi connectivity index (χ1) is 8.79. The van der Waals surface area contributed by atoms with Crippen molar-refractivity contribution >= 4 is 26.8 Å². The van der Waals surface area contributed by atoms with E-state index in [2.05, 4.69) is 9.71 Å². The Morgan fingerprint density at radius 3 is 2.53 bits per heavy atom. The van der Waals surface area contributed by atoms with E-state index in [-0.39, 0.29) is 5.56 Å². The van der Waals surface area contributed by atoms with Crippen molar-refractivity contribution in [2.24, 2.45) is 0 Å².